The van der Waals surface area contributed by atoms with Crippen molar-refractivity contribution in [2.45, 2.75) is 27.2 Å². The lowest BCUT2D eigenvalue weighted by atomic mass is 10.1. The zero-order valence-corrected chi connectivity index (χ0v) is 12.8. The highest BCUT2D eigenvalue weighted by molar-refractivity contribution is 5.93. The van der Waals surface area contributed by atoms with Crippen molar-refractivity contribution in [1.82, 2.24) is 0 Å². The minimum Gasteiger partial charge on any atom is -0.483 e. The molecule has 0 radical (unpaired) electrons. The van der Waals surface area contributed by atoms with Gasteiger partial charge in [0.15, 0.2) is 6.61 Å². The number of rotatable bonds is 5. The monoisotopic (exact) mass is 283 g/mol. The number of amides is 1. The first-order chi connectivity index (χ1) is 10.1. The Bertz CT molecular complexity index is 635. The highest BCUT2D eigenvalue weighted by Gasteiger charge is 2.09. The Morgan fingerprint density at radius 2 is 1.76 bits per heavy atom. The van der Waals surface area contributed by atoms with Crippen LogP contribution in [0, 0.1) is 13.8 Å². The second kappa shape index (κ2) is 6.93. The summed E-state index contributed by atoms with van der Waals surface area (Å²) in [7, 11) is 0. The molecule has 0 unspecified atom stereocenters. The van der Waals surface area contributed by atoms with Crippen molar-refractivity contribution < 1.29 is 9.53 Å². The van der Waals surface area contributed by atoms with Crippen LogP contribution in [-0.4, -0.2) is 12.5 Å². The third-order valence-corrected chi connectivity index (χ3v) is 3.46. The summed E-state index contributed by atoms with van der Waals surface area (Å²) in [6, 6.07) is 13.7. The van der Waals surface area contributed by atoms with E-state index in [-0.39, 0.29) is 12.5 Å². The van der Waals surface area contributed by atoms with Crippen LogP contribution in [0.15, 0.2) is 42.5 Å². The molecule has 110 valence electrons. The third kappa shape index (κ3) is 3.85. The summed E-state index contributed by atoms with van der Waals surface area (Å²) in [6.07, 6.45) is 0.885. The molecule has 0 saturated carbocycles. The third-order valence-electron chi connectivity index (χ3n) is 3.46. The Labute approximate surface area is 126 Å². The van der Waals surface area contributed by atoms with Gasteiger partial charge in [-0.25, -0.2) is 0 Å². The van der Waals surface area contributed by atoms with Crippen LogP contribution < -0.4 is 10.1 Å². The summed E-state index contributed by atoms with van der Waals surface area (Å²) in [5.41, 5.74) is 4.13. The van der Waals surface area contributed by atoms with Crippen LogP contribution in [0.2, 0.25) is 0 Å². The molecule has 0 heterocycles. The Hall–Kier alpha value is -2.29. The molecule has 0 aliphatic heterocycles. The molecule has 0 aliphatic carbocycles. The number of nitrogens with one attached hydrogen (secondary N) is 1. The van der Waals surface area contributed by atoms with Gasteiger partial charge in [-0.2, -0.15) is 0 Å². The lowest BCUT2D eigenvalue weighted by molar-refractivity contribution is -0.118. The predicted octanol–water partition coefficient (Wildman–Crippen LogP) is 3.88. The van der Waals surface area contributed by atoms with Crippen LogP contribution in [0.1, 0.15) is 23.6 Å². The van der Waals surface area contributed by atoms with Crippen molar-refractivity contribution in [1.29, 1.82) is 0 Å². The molecule has 0 aromatic heterocycles. The lowest BCUT2D eigenvalue weighted by Crippen LogP contribution is -2.21. The van der Waals surface area contributed by atoms with Gasteiger partial charge >= 0.3 is 0 Å². The van der Waals surface area contributed by atoms with Crippen LogP contribution in [0.25, 0.3) is 0 Å². The van der Waals surface area contributed by atoms with Gasteiger partial charge in [-0.05, 0) is 43.0 Å². The molecule has 0 fully saturated rings. The first-order valence-electron chi connectivity index (χ1n) is 7.18. The maximum absolute atomic E-state index is 12.1. The summed E-state index contributed by atoms with van der Waals surface area (Å²) in [4.78, 5) is 12.1. The van der Waals surface area contributed by atoms with E-state index in [0.29, 0.717) is 0 Å². The van der Waals surface area contributed by atoms with Gasteiger partial charge in [-0.15, -0.1) is 0 Å². The molecular formula is C18H21NO2. The number of hydrogen-bond acceptors (Lipinski definition) is 2. The number of aryl methyl sites for hydroxylation is 3. The molecule has 0 bridgehead atoms. The smallest absolute Gasteiger partial charge is 0.262 e. The molecule has 2 rings (SSSR count). The maximum Gasteiger partial charge on any atom is 0.262 e. The number of para-hydroxylation sites is 2. The van der Waals surface area contributed by atoms with Crippen molar-refractivity contribution >= 4 is 11.6 Å². The first kappa shape index (κ1) is 15.1. The van der Waals surface area contributed by atoms with E-state index >= 15 is 0 Å². The van der Waals surface area contributed by atoms with E-state index in [4.69, 9.17) is 4.74 Å². The van der Waals surface area contributed by atoms with Crippen LogP contribution in [0.5, 0.6) is 5.75 Å². The fraction of sp³-hybridized carbons (Fsp3) is 0.278. The minimum atomic E-state index is -0.137. The fourth-order valence-electron chi connectivity index (χ4n) is 2.24. The average molecular weight is 283 g/mol. The molecule has 1 amide bonds. The standard InChI is InChI=1S/C18H21NO2/c1-4-15-10-7-9-14(3)18(15)19-17(20)12-21-16-11-6-5-8-13(16)2/h5-11H,4,12H2,1-3H3,(H,19,20). The zero-order chi connectivity index (χ0) is 15.2. The normalized spacial score (nSPS) is 10.2. The molecule has 3 nitrogen and oxygen atoms in total. The van der Waals surface area contributed by atoms with Crippen LogP contribution in [0.3, 0.4) is 0 Å². The number of benzene rings is 2. The average Bonchev–Trinajstić information content (AvgIpc) is 2.48. The number of hydrogen-bond donors (Lipinski definition) is 1. The van der Waals surface area contributed by atoms with E-state index in [1.165, 1.54) is 0 Å². The van der Waals surface area contributed by atoms with Gasteiger partial charge in [0.05, 0.1) is 0 Å². The number of ether oxygens (including phenoxy) is 1. The molecule has 2 aromatic rings. The molecule has 3 heteroatoms. The maximum atomic E-state index is 12.1. The second-order valence-electron chi connectivity index (χ2n) is 5.06. The number of carbonyl (C=O) groups excluding carboxylic acids is 1. The summed E-state index contributed by atoms with van der Waals surface area (Å²) in [6.45, 7) is 6.05. The van der Waals surface area contributed by atoms with E-state index < -0.39 is 0 Å². The molecule has 1 N–H and O–H groups in total. The fourth-order valence-corrected chi connectivity index (χ4v) is 2.24. The summed E-state index contributed by atoms with van der Waals surface area (Å²) >= 11 is 0. The van der Waals surface area contributed by atoms with E-state index in [0.717, 1.165) is 34.5 Å². The van der Waals surface area contributed by atoms with Crippen LogP contribution in [0.4, 0.5) is 5.69 Å². The molecule has 0 spiro atoms. The second-order valence-corrected chi connectivity index (χ2v) is 5.06. The van der Waals surface area contributed by atoms with Gasteiger partial charge in [0.1, 0.15) is 5.75 Å². The quantitative estimate of drug-likeness (QED) is 0.904. The van der Waals surface area contributed by atoms with Gasteiger partial charge < -0.3 is 10.1 Å². The van der Waals surface area contributed by atoms with Gasteiger partial charge in [0, 0.05) is 5.69 Å². The predicted molar refractivity (Wildman–Crippen MR) is 85.9 cm³/mol. The zero-order valence-electron chi connectivity index (χ0n) is 12.8. The van der Waals surface area contributed by atoms with Crippen LogP contribution in [-0.2, 0) is 11.2 Å². The Morgan fingerprint density at radius 3 is 2.48 bits per heavy atom. The van der Waals surface area contributed by atoms with Crippen LogP contribution >= 0.6 is 0 Å². The molecule has 0 atom stereocenters. The molecular weight excluding hydrogens is 262 g/mol. The van der Waals surface area contributed by atoms with Crippen molar-refractivity contribution in [3.8, 4) is 5.75 Å². The Balaban J connectivity index is 2.01. The topological polar surface area (TPSA) is 38.3 Å². The lowest BCUT2D eigenvalue weighted by Gasteiger charge is -2.14. The van der Waals surface area contributed by atoms with Gasteiger partial charge in [-0.1, -0.05) is 43.3 Å². The van der Waals surface area contributed by atoms with Crippen molar-refractivity contribution in [3.05, 3.63) is 59.2 Å². The summed E-state index contributed by atoms with van der Waals surface area (Å²) < 4.78 is 5.57. The molecule has 0 saturated heterocycles. The number of anilines is 1. The van der Waals surface area contributed by atoms with Crippen molar-refractivity contribution in [2.75, 3.05) is 11.9 Å². The summed E-state index contributed by atoms with van der Waals surface area (Å²) in [5.74, 6) is 0.607. The largest absolute Gasteiger partial charge is 0.483 e. The van der Waals surface area contributed by atoms with E-state index in [1.807, 2.05) is 56.3 Å². The highest BCUT2D eigenvalue weighted by Crippen LogP contribution is 2.21. The first-order valence-corrected chi connectivity index (χ1v) is 7.18. The minimum absolute atomic E-state index is 0.0162. The van der Waals surface area contributed by atoms with E-state index in [9.17, 15) is 4.79 Å². The molecule has 21 heavy (non-hydrogen) atoms. The van der Waals surface area contributed by atoms with E-state index in [2.05, 4.69) is 12.2 Å². The molecule has 0 aliphatic rings. The number of carbonyl (C=O) groups is 1. The SMILES string of the molecule is CCc1cccc(C)c1NC(=O)COc1ccccc1C. The Morgan fingerprint density at radius 1 is 1.05 bits per heavy atom. The van der Waals surface area contributed by atoms with Gasteiger partial charge in [0.25, 0.3) is 5.91 Å². The van der Waals surface area contributed by atoms with Crippen molar-refractivity contribution in [3.63, 3.8) is 0 Å². The van der Waals surface area contributed by atoms with Crippen molar-refractivity contribution in [2.24, 2.45) is 0 Å². The highest BCUT2D eigenvalue weighted by atomic mass is 16.5. The van der Waals surface area contributed by atoms with Gasteiger partial charge in [0.2, 0.25) is 0 Å². The molecule has 2 aromatic carbocycles. The Kier molecular flexibility index (Phi) is 4.99. The van der Waals surface area contributed by atoms with Gasteiger partial charge in [-0.3, -0.25) is 4.79 Å². The van der Waals surface area contributed by atoms with E-state index in [1.54, 1.807) is 0 Å². The summed E-state index contributed by atoms with van der Waals surface area (Å²) in [5, 5.41) is 2.96.